The lowest BCUT2D eigenvalue weighted by Gasteiger charge is -2.27. The van der Waals surface area contributed by atoms with Crippen LogP contribution in [0.3, 0.4) is 0 Å². The van der Waals surface area contributed by atoms with E-state index in [-0.39, 0.29) is 0 Å². The molecule has 8 nitrogen and oxygen atoms in total. The van der Waals surface area contributed by atoms with Gasteiger partial charge in [0, 0.05) is 48.7 Å². The number of hydrogen-bond donors (Lipinski definition) is 2. The van der Waals surface area contributed by atoms with E-state index in [1.54, 1.807) is 0 Å². The van der Waals surface area contributed by atoms with Crippen molar-refractivity contribution in [1.82, 2.24) is 19.5 Å². The van der Waals surface area contributed by atoms with Crippen LogP contribution in [0.4, 0.5) is 5.82 Å². The van der Waals surface area contributed by atoms with Gasteiger partial charge in [-0.15, -0.1) is 0 Å². The Labute approximate surface area is 183 Å². The van der Waals surface area contributed by atoms with Gasteiger partial charge in [-0.3, -0.25) is 0 Å². The van der Waals surface area contributed by atoms with E-state index in [0.717, 1.165) is 17.2 Å². The van der Waals surface area contributed by atoms with E-state index in [2.05, 4.69) is 35.9 Å². The van der Waals surface area contributed by atoms with Gasteiger partial charge in [0.2, 0.25) is 0 Å². The molecule has 1 fully saturated rings. The lowest BCUT2D eigenvalue weighted by atomic mass is 9.78. The van der Waals surface area contributed by atoms with Gasteiger partial charge in [0.25, 0.3) is 0 Å². The van der Waals surface area contributed by atoms with Gasteiger partial charge in [-0.1, -0.05) is 0 Å². The highest BCUT2D eigenvalue weighted by Crippen LogP contribution is 2.31. The molecule has 0 aliphatic carbocycles. The second kappa shape index (κ2) is 8.94. The molecule has 3 aromatic heterocycles. The maximum Gasteiger partial charge on any atom is 0.490 e. The molecule has 0 unspecified atom stereocenters. The summed E-state index contributed by atoms with van der Waals surface area (Å²) in [4.78, 5) is 16.4. The van der Waals surface area contributed by atoms with E-state index < -0.39 is 7.12 Å². The lowest BCUT2D eigenvalue weighted by Crippen LogP contribution is -2.33. The van der Waals surface area contributed by atoms with Gasteiger partial charge < -0.3 is 24.3 Å². The van der Waals surface area contributed by atoms with Crippen LogP contribution in [0.15, 0.2) is 24.5 Å². The standard InChI is InChI=1S/C22H30BN5O3/c1-5-31-11-10-27-21(26-20-16(4)18(23(29)30)13-25-22(20)27)17-8-9-19(24-12-17)28-14(2)6-7-15(28)3/h8-9,12-15,29-30H,5-7,10-11H2,1-4H3/t14-,15-/m0/s1. The van der Waals surface area contributed by atoms with E-state index in [4.69, 9.17) is 14.7 Å². The third kappa shape index (κ3) is 4.05. The quantitative estimate of drug-likeness (QED) is 0.443. The van der Waals surface area contributed by atoms with Crippen LogP contribution in [-0.2, 0) is 11.3 Å². The molecule has 4 rings (SSSR count). The molecule has 0 saturated carbocycles. The van der Waals surface area contributed by atoms with Crippen LogP contribution in [-0.4, -0.2) is 62.0 Å². The average molecular weight is 423 g/mol. The van der Waals surface area contributed by atoms with E-state index in [9.17, 15) is 10.0 Å². The number of ether oxygens (including phenoxy) is 1. The van der Waals surface area contributed by atoms with Crippen molar-refractivity contribution in [2.75, 3.05) is 18.1 Å². The van der Waals surface area contributed by atoms with Crippen LogP contribution in [0.5, 0.6) is 0 Å². The number of imidazole rings is 1. The van der Waals surface area contributed by atoms with Crippen molar-refractivity contribution in [3.63, 3.8) is 0 Å². The summed E-state index contributed by atoms with van der Waals surface area (Å²) in [5.41, 5.74) is 3.31. The van der Waals surface area contributed by atoms with E-state index in [1.807, 2.05) is 24.6 Å². The number of aromatic nitrogens is 4. The number of anilines is 1. The zero-order valence-corrected chi connectivity index (χ0v) is 18.6. The van der Waals surface area contributed by atoms with E-state index in [1.165, 1.54) is 19.0 Å². The minimum absolute atomic E-state index is 0.360. The van der Waals surface area contributed by atoms with Crippen LogP contribution in [0.2, 0.25) is 0 Å². The van der Waals surface area contributed by atoms with Crippen molar-refractivity contribution in [1.29, 1.82) is 0 Å². The summed E-state index contributed by atoms with van der Waals surface area (Å²) in [5, 5.41) is 19.3. The summed E-state index contributed by atoms with van der Waals surface area (Å²) in [7, 11) is -1.58. The Morgan fingerprint density at radius 3 is 2.48 bits per heavy atom. The van der Waals surface area contributed by atoms with Gasteiger partial charge in [-0.2, -0.15) is 0 Å². The first kappa shape index (κ1) is 21.7. The van der Waals surface area contributed by atoms with Crippen LogP contribution in [0.1, 0.15) is 39.2 Å². The predicted molar refractivity (Wildman–Crippen MR) is 122 cm³/mol. The number of rotatable bonds is 7. The molecule has 0 radical (unpaired) electrons. The molecular weight excluding hydrogens is 393 g/mol. The fourth-order valence-corrected chi connectivity index (χ4v) is 4.50. The van der Waals surface area contributed by atoms with Gasteiger partial charge in [-0.05, 0) is 58.2 Å². The summed E-state index contributed by atoms with van der Waals surface area (Å²) < 4.78 is 7.59. The molecule has 1 saturated heterocycles. The fourth-order valence-electron chi connectivity index (χ4n) is 4.50. The second-order valence-electron chi connectivity index (χ2n) is 8.26. The van der Waals surface area contributed by atoms with Crippen LogP contribution in [0.25, 0.3) is 22.6 Å². The summed E-state index contributed by atoms with van der Waals surface area (Å²) in [6, 6.07) is 5.08. The number of aryl methyl sites for hydroxylation is 1. The summed E-state index contributed by atoms with van der Waals surface area (Å²) >= 11 is 0. The molecule has 1 aliphatic heterocycles. The maximum atomic E-state index is 9.65. The molecule has 0 aromatic carbocycles. The van der Waals surface area contributed by atoms with Crippen molar-refractivity contribution in [3.8, 4) is 11.4 Å². The molecule has 0 bridgehead atoms. The Hall–Kier alpha value is -2.49. The summed E-state index contributed by atoms with van der Waals surface area (Å²) in [6.07, 6.45) is 5.73. The van der Waals surface area contributed by atoms with Gasteiger partial charge in [0.1, 0.15) is 17.2 Å². The van der Waals surface area contributed by atoms with Crippen molar-refractivity contribution in [3.05, 3.63) is 30.1 Å². The zero-order valence-electron chi connectivity index (χ0n) is 18.6. The second-order valence-corrected chi connectivity index (χ2v) is 8.26. The molecule has 4 heterocycles. The first-order valence-electron chi connectivity index (χ1n) is 11.0. The smallest absolute Gasteiger partial charge is 0.423 e. The normalized spacial score (nSPS) is 18.8. The molecule has 9 heteroatoms. The predicted octanol–water partition coefficient (Wildman–Crippen LogP) is 1.90. The largest absolute Gasteiger partial charge is 0.490 e. The summed E-state index contributed by atoms with van der Waals surface area (Å²) in [6.45, 7) is 10.1. The van der Waals surface area contributed by atoms with Crippen molar-refractivity contribution >= 4 is 29.6 Å². The summed E-state index contributed by atoms with van der Waals surface area (Å²) in [5.74, 6) is 1.73. The Bertz CT molecular complexity index is 1040. The van der Waals surface area contributed by atoms with Gasteiger partial charge >= 0.3 is 7.12 Å². The molecule has 31 heavy (non-hydrogen) atoms. The Morgan fingerprint density at radius 1 is 1.13 bits per heavy atom. The number of nitrogens with zero attached hydrogens (tertiary/aromatic N) is 5. The van der Waals surface area contributed by atoms with Gasteiger partial charge in [-0.25, -0.2) is 15.0 Å². The Kier molecular flexibility index (Phi) is 6.27. The van der Waals surface area contributed by atoms with Crippen LogP contribution >= 0.6 is 0 Å². The molecule has 2 atom stereocenters. The highest BCUT2D eigenvalue weighted by molar-refractivity contribution is 6.59. The molecule has 2 N–H and O–H groups in total. The third-order valence-electron chi connectivity index (χ3n) is 6.22. The number of hydrogen-bond acceptors (Lipinski definition) is 7. The van der Waals surface area contributed by atoms with E-state index >= 15 is 0 Å². The van der Waals surface area contributed by atoms with Gasteiger partial charge in [0.15, 0.2) is 5.65 Å². The molecule has 1 aliphatic rings. The number of fused-ring (bicyclic) bond motifs is 1. The van der Waals surface area contributed by atoms with Crippen molar-refractivity contribution < 1.29 is 14.8 Å². The van der Waals surface area contributed by atoms with Gasteiger partial charge in [0.05, 0.1) is 6.61 Å². The highest BCUT2D eigenvalue weighted by atomic mass is 16.5. The highest BCUT2D eigenvalue weighted by Gasteiger charge is 2.28. The molecule has 0 amide bonds. The Balaban J connectivity index is 1.76. The van der Waals surface area contributed by atoms with Crippen molar-refractivity contribution in [2.24, 2.45) is 0 Å². The molecular formula is C22H30BN5O3. The first-order valence-corrected chi connectivity index (χ1v) is 11.0. The van der Waals surface area contributed by atoms with Crippen LogP contribution < -0.4 is 10.4 Å². The average Bonchev–Trinajstić information content (AvgIpc) is 3.29. The molecule has 0 spiro atoms. The number of pyridine rings is 2. The topological polar surface area (TPSA) is 96.5 Å². The Morgan fingerprint density at radius 2 is 1.87 bits per heavy atom. The zero-order chi connectivity index (χ0) is 22.1. The minimum atomic E-state index is -1.58. The molecule has 164 valence electrons. The lowest BCUT2D eigenvalue weighted by molar-refractivity contribution is 0.140. The van der Waals surface area contributed by atoms with E-state index in [0.29, 0.717) is 54.0 Å². The monoisotopic (exact) mass is 423 g/mol. The maximum absolute atomic E-state index is 9.65. The fraction of sp³-hybridized carbons (Fsp3) is 0.500. The first-order chi connectivity index (χ1) is 14.9. The minimum Gasteiger partial charge on any atom is -0.423 e. The third-order valence-corrected chi connectivity index (χ3v) is 6.22. The molecule has 3 aromatic rings. The SMILES string of the molecule is CCOCCn1c(-c2ccc(N3[C@@H](C)CC[C@@H]3C)nc2)nc2c(C)c(B(O)O)cnc21. The van der Waals surface area contributed by atoms with Crippen molar-refractivity contribution in [2.45, 2.75) is 59.2 Å². The van der Waals surface area contributed by atoms with Crippen LogP contribution in [0, 0.1) is 6.92 Å².